The Morgan fingerprint density at radius 2 is 1.95 bits per heavy atom. The molecule has 0 aliphatic rings. The van der Waals surface area contributed by atoms with Crippen LogP contribution in [0.3, 0.4) is 0 Å². The molecule has 8 heteroatoms. The van der Waals surface area contributed by atoms with Crippen LogP contribution in [0.2, 0.25) is 0 Å². The van der Waals surface area contributed by atoms with Gasteiger partial charge in [-0.2, -0.15) is 13.2 Å². The summed E-state index contributed by atoms with van der Waals surface area (Å²) in [7, 11) is 0. The fourth-order valence-corrected chi connectivity index (χ4v) is 1.66. The Kier molecular flexibility index (Phi) is 6.64. The zero-order valence-corrected chi connectivity index (χ0v) is 11.2. The number of oxime groups is 1. The molecule has 0 aromatic heterocycles. The number of rotatable bonds is 6. The maximum atomic E-state index is 12.5. The van der Waals surface area contributed by atoms with Crippen LogP contribution < -0.4 is 5.73 Å². The Labute approximate surface area is 110 Å². The molecule has 0 aliphatic carbocycles. The van der Waals surface area contributed by atoms with Crippen molar-refractivity contribution in [3.8, 4) is 0 Å². The van der Waals surface area contributed by atoms with Gasteiger partial charge in [0.1, 0.15) is 6.54 Å². The van der Waals surface area contributed by atoms with Crippen LogP contribution in [0.4, 0.5) is 13.2 Å². The van der Waals surface area contributed by atoms with E-state index in [1.165, 1.54) is 13.8 Å². The highest BCUT2D eigenvalue weighted by Crippen LogP contribution is 2.21. The Balaban J connectivity index is 5.15. The first-order valence-electron chi connectivity index (χ1n) is 5.98. The number of nitrogens with two attached hydrogens (primary N) is 1. The highest BCUT2D eigenvalue weighted by Gasteiger charge is 2.37. The maximum Gasteiger partial charge on any atom is 0.406 e. The van der Waals surface area contributed by atoms with Gasteiger partial charge >= 0.3 is 6.18 Å². The molecule has 0 fully saturated rings. The smallest absolute Gasteiger partial charge is 0.406 e. The molecule has 0 heterocycles. The van der Waals surface area contributed by atoms with Gasteiger partial charge in [-0.05, 0) is 20.3 Å². The second-order valence-electron chi connectivity index (χ2n) is 4.54. The van der Waals surface area contributed by atoms with Gasteiger partial charge in [0.05, 0.1) is 5.92 Å². The van der Waals surface area contributed by atoms with Gasteiger partial charge in [-0.15, -0.1) is 0 Å². The number of hydrogen-bond acceptors (Lipinski definition) is 3. The van der Waals surface area contributed by atoms with Gasteiger partial charge in [0.15, 0.2) is 5.84 Å². The third-order valence-corrected chi connectivity index (χ3v) is 2.60. The van der Waals surface area contributed by atoms with Crippen molar-refractivity contribution in [2.45, 2.75) is 45.8 Å². The molecule has 0 aromatic carbocycles. The lowest BCUT2D eigenvalue weighted by molar-refractivity contribution is -0.166. The number of alkyl halides is 3. The van der Waals surface area contributed by atoms with Crippen molar-refractivity contribution in [3.05, 3.63) is 0 Å². The summed E-state index contributed by atoms with van der Waals surface area (Å²) in [5.41, 5.74) is 5.38. The van der Waals surface area contributed by atoms with Crippen LogP contribution in [0.15, 0.2) is 5.16 Å². The van der Waals surface area contributed by atoms with Crippen LogP contribution in [-0.2, 0) is 4.79 Å². The number of carbonyl (C=O) groups excluding carboxylic acids is 1. The summed E-state index contributed by atoms with van der Waals surface area (Å²) in [6.45, 7) is 3.38. The van der Waals surface area contributed by atoms with Crippen molar-refractivity contribution in [3.63, 3.8) is 0 Å². The molecular weight excluding hydrogens is 263 g/mol. The quantitative estimate of drug-likeness (QED) is 0.338. The molecule has 0 bridgehead atoms. The van der Waals surface area contributed by atoms with Gasteiger partial charge in [0.2, 0.25) is 5.91 Å². The maximum absolute atomic E-state index is 12.5. The minimum atomic E-state index is -4.48. The van der Waals surface area contributed by atoms with Crippen molar-refractivity contribution >= 4 is 11.7 Å². The summed E-state index contributed by atoms with van der Waals surface area (Å²) >= 11 is 0. The molecule has 1 atom stereocenters. The molecule has 0 saturated carbocycles. The van der Waals surface area contributed by atoms with E-state index in [0.29, 0.717) is 11.3 Å². The van der Waals surface area contributed by atoms with Crippen molar-refractivity contribution in [2.24, 2.45) is 16.8 Å². The summed E-state index contributed by atoms with van der Waals surface area (Å²) in [6.07, 6.45) is -3.72. The Hall–Kier alpha value is -1.47. The van der Waals surface area contributed by atoms with E-state index in [2.05, 4.69) is 5.16 Å². The van der Waals surface area contributed by atoms with E-state index in [1.54, 1.807) is 6.92 Å². The molecule has 0 spiro atoms. The molecule has 1 amide bonds. The van der Waals surface area contributed by atoms with E-state index in [4.69, 9.17) is 10.9 Å². The third kappa shape index (κ3) is 5.80. The van der Waals surface area contributed by atoms with Gasteiger partial charge in [-0.3, -0.25) is 4.79 Å². The van der Waals surface area contributed by atoms with Crippen molar-refractivity contribution < 1.29 is 23.2 Å². The molecule has 0 aliphatic heterocycles. The van der Waals surface area contributed by atoms with Gasteiger partial charge in [-0.1, -0.05) is 18.5 Å². The minimum Gasteiger partial charge on any atom is -0.409 e. The molecule has 112 valence electrons. The molecule has 0 radical (unpaired) electrons. The summed E-state index contributed by atoms with van der Waals surface area (Å²) in [5.74, 6) is -2.16. The fraction of sp³-hybridized carbons (Fsp3) is 0.818. The average molecular weight is 283 g/mol. The van der Waals surface area contributed by atoms with E-state index in [-0.39, 0.29) is 12.3 Å². The van der Waals surface area contributed by atoms with Crippen molar-refractivity contribution in [2.75, 3.05) is 6.54 Å². The Bertz CT molecular complexity index is 330. The van der Waals surface area contributed by atoms with Crippen LogP contribution in [0.1, 0.15) is 33.6 Å². The highest BCUT2D eigenvalue weighted by atomic mass is 19.4. The first kappa shape index (κ1) is 17.5. The van der Waals surface area contributed by atoms with E-state index >= 15 is 0 Å². The monoisotopic (exact) mass is 283 g/mol. The predicted octanol–water partition coefficient (Wildman–Crippen LogP) is 1.95. The Morgan fingerprint density at radius 1 is 1.42 bits per heavy atom. The number of hydrogen-bond donors (Lipinski definition) is 2. The summed E-state index contributed by atoms with van der Waals surface area (Å²) < 4.78 is 37.4. The number of amides is 1. The van der Waals surface area contributed by atoms with Gasteiger partial charge < -0.3 is 15.8 Å². The molecule has 3 N–H and O–H groups in total. The lowest BCUT2D eigenvalue weighted by Crippen LogP contribution is -2.48. The van der Waals surface area contributed by atoms with Crippen LogP contribution in [0.5, 0.6) is 0 Å². The molecule has 5 nitrogen and oxygen atoms in total. The molecular formula is C11H20F3N3O2. The predicted molar refractivity (Wildman–Crippen MR) is 64.7 cm³/mol. The Morgan fingerprint density at radius 3 is 2.26 bits per heavy atom. The number of carbonyl (C=O) groups is 1. The van der Waals surface area contributed by atoms with E-state index < -0.39 is 30.6 Å². The van der Waals surface area contributed by atoms with E-state index in [9.17, 15) is 18.0 Å². The summed E-state index contributed by atoms with van der Waals surface area (Å²) in [5, 5.41) is 11.3. The normalized spacial score (nSPS) is 14.6. The molecule has 1 unspecified atom stereocenters. The van der Waals surface area contributed by atoms with Crippen LogP contribution in [0.25, 0.3) is 0 Å². The topological polar surface area (TPSA) is 78.9 Å². The zero-order valence-electron chi connectivity index (χ0n) is 11.2. The van der Waals surface area contributed by atoms with Crippen LogP contribution in [0, 0.1) is 5.92 Å². The number of amidine groups is 1. The summed E-state index contributed by atoms with van der Waals surface area (Å²) in [4.78, 5) is 12.8. The minimum absolute atomic E-state index is 0.232. The zero-order chi connectivity index (χ0) is 15.2. The van der Waals surface area contributed by atoms with E-state index in [0.717, 1.165) is 0 Å². The number of halogens is 3. The first-order chi connectivity index (χ1) is 8.64. The average Bonchev–Trinajstić information content (AvgIpc) is 2.30. The second kappa shape index (κ2) is 7.20. The van der Waals surface area contributed by atoms with Gasteiger partial charge in [-0.25, -0.2) is 0 Å². The largest absolute Gasteiger partial charge is 0.409 e. The standard InChI is InChI=1S/C11H20F3N3O2/c1-4-5-8(9(15)16-19)10(18)17(7(2)3)6-11(12,13)14/h7-8,19H,4-6H2,1-3H3,(H2,15,16). The SMILES string of the molecule is CCCC(C(=O)N(CC(F)(F)F)C(C)C)C(N)=NO. The first-order valence-corrected chi connectivity index (χ1v) is 5.98. The molecule has 0 saturated heterocycles. The molecule has 0 aromatic rings. The molecule has 19 heavy (non-hydrogen) atoms. The second-order valence-corrected chi connectivity index (χ2v) is 4.54. The van der Waals surface area contributed by atoms with Crippen molar-refractivity contribution in [1.29, 1.82) is 0 Å². The fourth-order valence-electron chi connectivity index (χ4n) is 1.66. The summed E-state index contributed by atoms with van der Waals surface area (Å²) in [6, 6.07) is -0.625. The van der Waals surface area contributed by atoms with E-state index in [1.807, 2.05) is 0 Å². The highest BCUT2D eigenvalue weighted by molar-refractivity contribution is 6.02. The van der Waals surface area contributed by atoms with Crippen LogP contribution in [-0.4, -0.2) is 40.6 Å². The van der Waals surface area contributed by atoms with Gasteiger partial charge in [0, 0.05) is 6.04 Å². The lowest BCUT2D eigenvalue weighted by Gasteiger charge is -2.30. The third-order valence-electron chi connectivity index (χ3n) is 2.60. The number of nitrogens with zero attached hydrogens (tertiary/aromatic N) is 2. The van der Waals surface area contributed by atoms with Gasteiger partial charge in [0.25, 0.3) is 0 Å². The molecule has 0 rings (SSSR count). The van der Waals surface area contributed by atoms with Crippen molar-refractivity contribution in [1.82, 2.24) is 4.90 Å². The lowest BCUT2D eigenvalue weighted by atomic mass is 10.00. The van der Waals surface area contributed by atoms with Crippen LogP contribution >= 0.6 is 0 Å².